The summed E-state index contributed by atoms with van der Waals surface area (Å²) in [5.74, 6) is -0.202. The van der Waals surface area contributed by atoms with Gasteiger partial charge in [0.25, 0.3) is 0 Å². The first kappa shape index (κ1) is 34.2. The molecule has 1 aliphatic rings. The van der Waals surface area contributed by atoms with Crippen LogP contribution in [0.5, 0.6) is 0 Å². The monoisotopic (exact) mass is 663 g/mol. The van der Waals surface area contributed by atoms with E-state index in [-0.39, 0.29) is 34.9 Å². The molecule has 4 aromatic rings. The number of hydrogen-bond donors (Lipinski definition) is 2. The summed E-state index contributed by atoms with van der Waals surface area (Å²) in [4.78, 5) is 40.8. The minimum Gasteiger partial charge on any atom is -0.350 e. The summed E-state index contributed by atoms with van der Waals surface area (Å²) in [5.41, 5.74) is -0.181. The van der Waals surface area contributed by atoms with Gasteiger partial charge in [-0.3, -0.25) is 9.36 Å². The third-order valence-electron chi connectivity index (χ3n) is 8.55. The van der Waals surface area contributed by atoms with Gasteiger partial charge in [0.15, 0.2) is 0 Å². The summed E-state index contributed by atoms with van der Waals surface area (Å²) in [6.45, 7) is 2.91. The minimum absolute atomic E-state index is 0.0171. The van der Waals surface area contributed by atoms with Gasteiger partial charge in [0.1, 0.15) is 5.69 Å². The molecule has 0 radical (unpaired) electrons. The van der Waals surface area contributed by atoms with Crippen LogP contribution in [0.3, 0.4) is 0 Å². The number of amides is 2. The Kier molecular flexibility index (Phi) is 9.63. The molecular formula is C34H38F3N8O3+. The molecule has 252 valence electrons. The maximum absolute atomic E-state index is 14.1. The second-order valence-corrected chi connectivity index (χ2v) is 13.0. The number of rotatable bonds is 8. The van der Waals surface area contributed by atoms with Gasteiger partial charge in [-0.2, -0.15) is 23.5 Å². The van der Waals surface area contributed by atoms with Crippen molar-refractivity contribution < 1.29 is 27.2 Å². The molecule has 2 aromatic heterocycles. The quantitative estimate of drug-likeness (QED) is 0.266. The van der Waals surface area contributed by atoms with Crippen LogP contribution in [0, 0.1) is 24.2 Å². The number of quaternary nitrogens is 1. The Balaban J connectivity index is 1.48. The van der Waals surface area contributed by atoms with E-state index in [4.69, 9.17) is 0 Å². The largest absolute Gasteiger partial charge is 0.416 e. The van der Waals surface area contributed by atoms with E-state index in [1.54, 1.807) is 37.3 Å². The first-order valence-corrected chi connectivity index (χ1v) is 15.6. The van der Waals surface area contributed by atoms with Gasteiger partial charge >= 0.3 is 17.9 Å². The molecule has 1 saturated carbocycles. The predicted molar refractivity (Wildman–Crippen MR) is 173 cm³/mol. The van der Waals surface area contributed by atoms with Crippen molar-refractivity contribution >= 4 is 11.9 Å². The van der Waals surface area contributed by atoms with E-state index < -0.39 is 23.5 Å². The molecule has 1 fully saturated rings. The van der Waals surface area contributed by atoms with Crippen LogP contribution in [0.1, 0.15) is 42.5 Å². The molecule has 5 rings (SSSR count). The highest BCUT2D eigenvalue weighted by Gasteiger charge is 2.33. The normalized spacial score (nSPS) is 16.7. The van der Waals surface area contributed by atoms with E-state index in [2.05, 4.69) is 21.8 Å². The summed E-state index contributed by atoms with van der Waals surface area (Å²) >= 11 is 0. The molecule has 0 bridgehead atoms. The van der Waals surface area contributed by atoms with Crippen LogP contribution < -0.4 is 16.3 Å². The lowest BCUT2D eigenvalue weighted by atomic mass is 9.85. The lowest BCUT2D eigenvalue weighted by Crippen LogP contribution is -2.46. The fourth-order valence-corrected chi connectivity index (χ4v) is 5.98. The molecule has 0 unspecified atom stereocenters. The van der Waals surface area contributed by atoms with Gasteiger partial charge in [-0.15, -0.1) is 0 Å². The average molecular weight is 664 g/mol. The SMILES string of the molecule is Cc1c(-c2ccnn2-c2ccc(C#N)cc2)n(C(=O)NC2CCC(C(=O)NCC[N+](C)(C)C)CC2)c(=O)n1-c1cccc(C(F)(F)F)c1. The Morgan fingerprint density at radius 2 is 1.71 bits per heavy atom. The molecule has 14 heteroatoms. The maximum atomic E-state index is 14.1. The number of carbonyl (C=O) groups is 2. The van der Waals surface area contributed by atoms with Crippen LogP contribution in [0.4, 0.5) is 18.0 Å². The van der Waals surface area contributed by atoms with Gasteiger partial charge in [0.2, 0.25) is 5.91 Å². The second-order valence-electron chi connectivity index (χ2n) is 13.0. The number of nitrogens with zero attached hydrogens (tertiary/aromatic N) is 6. The van der Waals surface area contributed by atoms with E-state index in [9.17, 15) is 32.8 Å². The molecule has 1 aliphatic carbocycles. The standard InChI is InChI=1S/C34H37F3N8O3/c1-22-30(29-16-17-40-44(29)27-14-8-23(21-38)9-15-27)43(33(48)42(22)28-7-5-6-25(20-28)34(35,36)37)32(47)41-26-12-10-24(11-13-26)31(46)39-18-19-45(2,3)4/h5-9,14-17,20,24,26H,10-13,18-19H2,1-4H3,(H-,39,41,46,47)/p+1. The van der Waals surface area contributed by atoms with Gasteiger partial charge < -0.3 is 15.1 Å². The van der Waals surface area contributed by atoms with E-state index in [0.717, 1.165) is 32.3 Å². The molecule has 2 heterocycles. The number of aromatic nitrogens is 4. The summed E-state index contributed by atoms with van der Waals surface area (Å²) in [6.07, 6.45) is -1.03. The summed E-state index contributed by atoms with van der Waals surface area (Å²) < 4.78 is 45.2. The lowest BCUT2D eigenvalue weighted by Gasteiger charge is -2.29. The van der Waals surface area contributed by atoms with Gasteiger partial charge in [0, 0.05) is 12.0 Å². The number of benzene rings is 2. The number of hydrogen-bond acceptors (Lipinski definition) is 5. The Morgan fingerprint density at radius 3 is 2.33 bits per heavy atom. The zero-order valence-corrected chi connectivity index (χ0v) is 27.2. The fraction of sp³-hybridized carbons (Fsp3) is 0.382. The summed E-state index contributed by atoms with van der Waals surface area (Å²) in [6, 6.07) is 13.5. The first-order chi connectivity index (χ1) is 22.7. The topological polar surface area (TPSA) is 127 Å². The van der Waals surface area contributed by atoms with E-state index in [1.165, 1.54) is 23.0 Å². The van der Waals surface area contributed by atoms with Crippen LogP contribution in [-0.2, 0) is 11.0 Å². The van der Waals surface area contributed by atoms with Crippen molar-refractivity contribution in [2.75, 3.05) is 34.2 Å². The number of nitriles is 1. The van der Waals surface area contributed by atoms with Crippen LogP contribution in [-0.4, -0.2) is 75.6 Å². The minimum atomic E-state index is -4.65. The van der Waals surface area contributed by atoms with Crippen LogP contribution in [0.15, 0.2) is 65.6 Å². The Hall–Kier alpha value is -5.16. The summed E-state index contributed by atoms with van der Waals surface area (Å²) in [5, 5.41) is 19.5. The molecular weight excluding hydrogens is 625 g/mol. The third-order valence-corrected chi connectivity index (χ3v) is 8.55. The highest BCUT2D eigenvalue weighted by Crippen LogP contribution is 2.32. The van der Waals surface area contributed by atoms with Gasteiger partial charge in [0.05, 0.1) is 80.4 Å². The molecule has 48 heavy (non-hydrogen) atoms. The van der Waals surface area contributed by atoms with Crippen LogP contribution in [0.25, 0.3) is 22.8 Å². The molecule has 2 aromatic carbocycles. The van der Waals surface area contributed by atoms with Crippen molar-refractivity contribution in [1.29, 1.82) is 5.26 Å². The van der Waals surface area contributed by atoms with Crippen molar-refractivity contribution in [2.45, 2.75) is 44.8 Å². The Bertz CT molecular complexity index is 1900. The zero-order chi connectivity index (χ0) is 34.8. The number of imidazole rings is 1. The smallest absolute Gasteiger partial charge is 0.350 e. The number of alkyl halides is 3. The van der Waals surface area contributed by atoms with Crippen molar-refractivity contribution in [3.63, 3.8) is 0 Å². The van der Waals surface area contributed by atoms with E-state index in [0.29, 0.717) is 49.2 Å². The second kappa shape index (κ2) is 13.5. The van der Waals surface area contributed by atoms with Crippen molar-refractivity contribution in [1.82, 2.24) is 29.5 Å². The number of nitrogens with one attached hydrogen (secondary N) is 2. The fourth-order valence-electron chi connectivity index (χ4n) is 5.98. The lowest BCUT2D eigenvalue weighted by molar-refractivity contribution is -0.869. The number of carbonyl (C=O) groups excluding carboxylic acids is 2. The molecule has 0 spiro atoms. The number of halogens is 3. The first-order valence-electron chi connectivity index (χ1n) is 15.6. The molecule has 11 nitrogen and oxygen atoms in total. The molecule has 2 amide bonds. The summed E-state index contributed by atoms with van der Waals surface area (Å²) in [7, 11) is 6.15. The van der Waals surface area contributed by atoms with Crippen LogP contribution >= 0.6 is 0 Å². The average Bonchev–Trinajstić information content (AvgIpc) is 3.62. The number of likely N-dealkylation sites (N-methyl/N-ethyl adjacent to an activating group) is 1. The van der Waals surface area contributed by atoms with E-state index in [1.807, 2.05) is 21.1 Å². The molecule has 2 N–H and O–H groups in total. The van der Waals surface area contributed by atoms with Gasteiger partial charge in [-0.25, -0.2) is 18.8 Å². The van der Waals surface area contributed by atoms with Crippen molar-refractivity contribution in [2.24, 2.45) is 5.92 Å². The van der Waals surface area contributed by atoms with Gasteiger partial charge in [-0.1, -0.05) is 6.07 Å². The highest BCUT2D eigenvalue weighted by molar-refractivity contribution is 5.83. The highest BCUT2D eigenvalue weighted by atomic mass is 19.4. The van der Waals surface area contributed by atoms with Crippen LogP contribution in [0.2, 0.25) is 0 Å². The molecule has 0 aliphatic heterocycles. The van der Waals surface area contributed by atoms with E-state index >= 15 is 0 Å². The zero-order valence-electron chi connectivity index (χ0n) is 27.2. The maximum Gasteiger partial charge on any atom is 0.416 e. The molecule has 0 saturated heterocycles. The van der Waals surface area contributed by atoms with Gasteiger partial charge in [-0.05, 0) is 81.1 Å². The van der Waals surface area contributed by atoms with Crippen molar-refractivity contribution in [3.8, 4) is 28.8 Å². The molecule has 0 atom stereocenters. The Labute approximate surface area is 275 Å². The third kappa shape index (κ3) is 7.36. The Morgan fingerprint density at radius 1 is 1.02 bits per heavy atom. The van der Waals surface area contributed by atoms with Crippen molar-refractivity contribution in [3.05, 3.63) is 88.1 Å². The predicted octanol–water partition coefficient (Wildman–Crippen LogP) is 4.63.